The van der Waals surface area contributed by atoms with Gasteiger partial charge in [0.05, 0.1) is 0 Å². The molecule has 0 aliphatic carbocycles. The summed E-state index contributed by atoms with van der Waals surface area (Å²) in [5.74, 6) is -0.183. The molecule has 0 atom stereocenters. The van der Waals surface area contributed by atoms with Gasteiger partial charge in [0.2, 0.25) is 0 Å². The summed E-state index contributed by atoms with van der Waals surface area (Å²) < 4.78 is 12.9. The van der Waals surface area contributed by atoms with Crippen molar-refractivity contribution in [3.63, 3.8) is 0 Å². The lowest BCUT2D eigenvalue weighted by Gasteiger charge is -2.00. The molecule has 0 saturated heterocycles. The highest BCUT2D eigenvalue weighted by Gasteiger charge is 2.02. The van der Waals surface area contributed by atoms with E-state index in [4.69, 9.17) is 5.73 Å². The molecule has 0 bridgehead atoms. The summed E-state index contributed by atoms with van der Waals surface area (Å²) >= 11 is 0. The van der Waals surface area contributed by atoms with Gasteiger partial charge < -0.3 is 5.73 Å². The molecule has 2 nitrogen and oxygen atoms in total. The summed E-state index contributed by atoms with van der Waals surface area (Å²) in [6, 6.07) is 1.18. The maximum Gasteiger partial charge on any atom is 0.135 e. The first-order valence-corrected chi connectivity index (χ1v) is 3.18. The van der Waals surface area contributed by atoms with Gasteiger partial charge in [-0.15, -0.1) is 0 Å². The quantitative estimate of drug-likeness (QED) is 0.666. The molecule has 3 heteroatoms. The van der Waals surface area contributed by atoms with Gasteiger partial charge in [-0.25, -0.2) is 9.37 Å². The van der Waals surface area contributed by atoms with Gasteiger partial charge in [0.15, 0.2) is 0 Å². The van der Waals surface area contributed by atoms with Crippen LogP contribution in [0.15, 0.2) is 18.8 Å². The summed E-state index contributed by atoms with van der Waals surface area (Å²) in [7, 11) is 0. The van der Waals surface area contributed by atoms with Crippen molar-refractivity contribution in [3.05, 3.63) is 30.2 Å². The number of nitrogens with zero attached hydrogens (tertiary/aromatic N) is 1. The molecule has 0 aliphatic heterocycles. The number of allylic oxidation sites excluding steroid dienone is 1. The van der Waals surface area contributed by atoms with E-state index in [2.05, 4.69) is 11.6 Å². The second-order valence-electron chi connectivity index (χ2n) is 2.37. The van der Waals surface area contributed by atoms with Gasteiger partial charge in [0.1, 0.15) is 11.6 Å². The Balaban J connectivity index is 3.20. The number of nitrogen functional groups attached to an aromatic ring is 1. The Kier molecular flexibility index (Phi) is 1.89. The van der Waals surface area contributed by atoms with E-state index in [1.54, 1.807) is 6.92 Å². The number of pyridine rings is 1. The topological polar surface area (TPSA) is 38.9 Å². The molecule has 0 spiro atoms. The van der Waals surface area contributed by atoms with Crippen LogP contribution in [0, 0.1) is 5.82 Å². The van der Waals surface area contributed by atoms with Crippen LogP contribution in [0.5, 0.6) is 0 Å². The molecule has 0 amide bonds. The third-order valence-corrected chi connectivity index (χ3v) is 1.33. The van der Waals surface area contributed by atoms with Crippen LogP contribution in [0.3, 0.4) is 0 Å². The van der Waals surface area contributed by atoms with Crippen molar-refractivity contribution in [2.75, 3.05) is 5.73 Å². The third kappa shape index (κ3) is 1.55. The maximum atomic E-state index is 12.9. The molecule has 0 aromatic carbocycles. The van der Waals surface area contributed by atoms with Crippen molar-refractivity contribution in [2.24, 2.45) is 0 Å². The van der Waals surface area contributed by atoms with E-state index < -0.39 is 0 Å². The van der Waals surface area contributed by atoms with E-state index in [0.717, 1.165) is 0 Å². The number of nitrogens with two attached hydrogens (primary N) is 1. The van der Waals surface area contributed by atoms with Crippen LogP contribution in [0.4, 0.5) is 10.2 Å². The minimum Gasteiger partial charge on any atom is -0.384 e. The second kappa shape index (κ2) is 2.70. The minimum atomic E-state index is -0.370. The fraction of sp³-hybridized carbons (Fsp3) is 0.125. The Morgan fingerprint density at radius 2 is 2.36 bits per heavy atom. The van der Waals surface area contributed by atoms with E-state index in [9.17, 15) is 4.39 Å². The highest BCUT2D eigenvalue weighted by molar-refractivity contribution is 5.61. The number of anilines is 1. The van der Waals surface area contributed by atoms with Crippen molar-refractivity contribution in [2.45, 2.75) is 6.92 Å². The third-order valence-electron chi connectivity index (χ3n) is 1.33. The van der Waals surface area contributed by atoms with E-state index in [1.165, 1.54) is 12.3 Å². The molecule has 0 unspecified atom stereocenters. The summed E-state index contributed by atoms with van der Waals surface area (Å²) in [4.78, 5) is 3.74. The lowest BCUT2D eigenvalue weighted by atomic mass is 10.1. The van der Waals surface area contributed by atoms with Crippen LogP contribution >= 0.6 is 0 Å². The predicted molar refractivity (Wildman–Crippen MR) is 43.3 cm³/mol. The first kappa shape index (κ1) is 7.72. The van der Waals surface area contributed by atoms with Crippen molar-refractivity contribution < 1.29 is 4.39 Å². The molecule has 0 radical (unpaired) electrons. The molecular weight excluding hydrogens is 143 g/mol. The predicted octanol–water partition coefficient (Wildman–Crippen LogP) is 1.84. The van der Waals surface area contributed by atoms with Crippen molar-refractivity contribution >= 4 is 11.4 Å². The maximum absolute atomic E-state index is 12.9. The number of rotatable bonds is 1. The van der Waals surface area contributed by atoms with Gasteiger partial charge in [0, 0.05) is 17.8 Å². The van der Waals surface area contributed by atoms with Crippen LogP contribution in [0.1, 0.15) is 12.5 Å². The van der Waals surface area contributed by atoms with Crippen LogP contribution in [-0.4, -0.2) is 4.98 Å². The van der Waals surface area contributed by atoms with Crippen LogP contribution in [0.2, 0.25) is 0 Å². The molecule has 1 aromatic rings. The molecule has 0 fully saturated rings. The standard InChI is InChI=1S/C8H9FN2/c1-5(2)6-4-11-8(10)3-7(6)9/h3-4H,1H2,2H3,(H2,10,11). The molecule has 11 heavy (non-hydrogen) atoms. The summed E-state index contributed by atoms with van der Waals surface area (Å²) in [6.45, 7) is 5.31. The molecule has 1 rings (SSSR count). The fourth-order valence-electron chi connectivity index (χ4n) is 0.760. The highest BCUT2D eigenvalue weighted by atomic mass is 19.1. The van der Waals surface area contributed by atoms with Crippen LogP contribution < -0.4 is 5.73 Å². The molecule has 1 heterocycles. The normalized spacial score (nSPS) is 9.64. The number of halogens is 1. The van der Waals surface area contributed by atoms with E-state index in [-0.39, 0.29) is 11.6 Å². The average molecular weight is 152 g/mol. The molecule has 0 aliphatic rings. The Hall–Kier alpha value is -1.38. The zero-order valence-corrected chi connectivity index (χ0v) is 6.26. The minimum absolute atomic E-state index is 0.188. The largest absolute Gasteiger partial charge is 0.384 e. The monoisotopic (exact) mass is 152 g/mol. The Morgan fingerprint density at radius 3 is 2.82 bits per heavy atom. The lowest BCUT2D eigenvalue weighted by Crippen LogP contribution is -1.94. The summed E-state index contributed by atoms with van der Waals surface area (Å²) in [5, 5.41) is 0. The number of hydrogen-bond donors (Lipinski definition) is 1. The zero-order chi connectivity index (χ0) is 8.43. The molecule has 2 N–H and O–H groups in total. The first-order chi connectivity index (χ1) is 5.11. The summed E-state index contributed by atoms with van der Waals surface area (Å²) in [6.07, 6.45) is 1.38. The lowest BCUT2D eigenvalue weighted by molar-refractivity contribution is 0.622. The first-order valence-electron chi connectivity index (χ1n) is 3.18. The Bertz CT molecular complexity index is 294. The number of hydrogen-bond acceptors (Lipinski definition) is 2. The molecule has 0 saturated carbocycles. The Morgan fingerprint density at radius 1 is 1.73 bits per heavy atom. The van der Waals surface area contributed by atoms with Crippen LogP contribution in [-0.2, 0) is 0 Å². The van der Waals surface area contributed by atoms with Gasteiger partial charge in [-0.2, -0.15) is 0 Å². The average Bonchev–Trinajstić information content (AvgIpc) is 1.85. The van der Waals surface area contributed by atoms with Gasteiger partial charge in [-0.1, -0.05) is 6.58 Å². The highest BCUT2D eigenvalue weighted by Crippen LogP contribution is 2.15. The van der Waals surface area contributed by atoms with Crippen molar-refractivity contribution in [3.8, 4) is 0 Å². The van der Waals surface area contributed by atoms with Crippen molar-refractivity contribution in [1.29, 1.82) is 0 Å². The smallest absolute Gasteiger partial charge is 0.135 e. The zero-order valence-electron chi connectivity index (χ0n) is 6.26. The summed E-state index contributed by atoms with van der Waals surface area (Å²) in [5.41, 5.74) is 6.31. The number of aromatic nitrogens is 1. The van der Waals surface area contributed by atoms with Gasteiger partial charge >= 0.3 is 0 Å². The van der Waals surface area contributed by atoms with Gasteiger partial charge in [-0.05, 0) is 12.5 Å². The second-order valence-corrected chi connectivity index (χ2v) is 2.37. The van der Waals surface area contributed by atoms with Gasteiger partial charge in [0.25, 0.3) is 0 Å². The van der Waals surface area contributed by atoms with Crippen LogP contribution in [0.25, 0.3) is 5.57 Å². The van der Waals surface area contributed by atoms with E-state index >= 15 is 0 Å². The van der Waals surface area contributed by atoms with E-state index in [0.29, 0.717) is 11.1 Å². The molecular formula is C8H9FN2. The van der Waals surface area contributed by atoms with Gasteiger partial charge in [-0.3, -0.25) is 0 Å². The van der Waals surface area contributed by atoms with E-state index in [1.807, 2.05) is 0 Å². The fourth-order valence-corrected chi connectivity index (χ4v) is 0.760. The SMILES string of the molecule is C=C(C)c1cnc(N)cc1F. The Labute approximate surface area is 64.6 Å². The molecule has 58 valence electrons. The molecule has 1 aromatic heterocycles. The van der Waals surface area contributed by atoms with Crippen molar-refractivity contribution in [1.82, 2.24) is 4.98 Å².